The Hall–Kier alpha value is -3.19. The van der Waals surface area contributed by atoms with Crippen LogP contribution in [0.15, 0.2) is 42.5 Å². The Balaban J connectivity index is 2.01. The van der Waals surface area contributed by atoms with Gasteiger partial charge in [-0.25, -0.2) is 4.79 Å². The lowest BCUT2D eigenvalue weighted by Gasteiger charge is -2.14. The fourth-order valence-electron chi connectivity index (χ4n) is 2.37. The van der Waals surface area contributed by atoms with E-state index in [4.69, 9.17) is 30.5 Å². The first-order valence-electron chi connectivity index (χ1n) is 8.62. The second kappa shape index (κ2) is 10.4. The fourth-order valence-corrected chi connectivity index (χ4v) is 2.54. The van der Waals surface area contributed by atoms with E-state index in [0.717, 1.165) is 0 Å². The van der Waals surface area contributed by atoms with Crippen LogP contribution in [0.3, 0.4) is 0 Å². The maximum absolute atomic E-state index is 12.3. The van der Waals surface area contributed by atoms with Crippen molar-refractivity contribution in [2.24, 2.45) is 0 Å². The number of esters is 1. The van der Waals surface area contributed by atoms with Gasteiger partial charge in [0.2, 0.25) is 0 Å². The lowest BCUT2D eigenvalue weighted by Crippen LogP contribution is -2.29. The second-order valence-corrected chi connectivity index (χ2v) is 6.33. The highest BCUT2D eigenvalue weighted by Crippen LogP contribution is 2.28. The monoisotopic (exact) mass is 419 g/mol. The Bertz CT molecular complexity index is 890. The van der Waals surface area contributed by atoms with Crippen molar-refractivity contribution in [3.05, 3.63) is 53.1 Å². The molecule has 154 valence electrons. The number of carbonyl (C=O) groups excluding carboxylic acids is 2. The molecule has 1 atom stereocenters. The van der Waals surface area contributed by atoms with Crippen LogP contribution in [-0.4, -0.2) is 39.3 Å². The Morgan fingerprint density at radius 3 is 2.24 bits per heavy atom. The molecule has 0 aliphatic rings. The van der Waals surface area contributed by atoms with Crippen LogP contribution in [0.2, 0.25) is 5.02 Å². The minimum absolute atomic E-state index is 0.381. The molecule has 0 spiro atoms. The summed E-state index contributed by atoms with van der Waals surface area (Å²) in [4.78, 5) is 24.4. The number of carbonyl (C=O) groups is 2. The largest absolute Gasteiger partial charge is 0.497 e. The quantitative estimate of drug-likeness (QED) is 0.515. The molecule has 0 fully saturated rings. The van der Waals surface area contributed by atoms with Gasteiger partial charge in [0, 0.05) is 17.2 Å². The number of methoxy groups -OCH3 is 3. The number of rotatable bonds is 8. The van der Waals surface area contributed by atoms with Crippen LogP contribution in [0.4, 0.5) is 5.69 Å². The minimum atomic E-state index is -1.03. The predicted molar refractivity (Wildman–Crippen MR) is 111 cm³/mol. The van der Waals surface area contributed by atoms with Crippen molar-refractivity contribution < 1.29 is 28.5 Å². The molecule has 0 aliphatic heterocycles. The molecule has 29 heavy (non-hydrogen) atoms. The summed E-state index contributed by atoms with van der Waals surface area (Å²) < 4.78 is 20.7. The van der Waals surface area contributed by atoms with E-state index in [9.17, 15) is 9.59 Å². The first-order chi connectivity index (χ1) is 13.9. The number of nitrogens with one attached hydrogen (secondary N) is 1. The van der Waals surface area contributed by atoms with Crippen LogP contribution in [0.1, 0.15) is 12.5 Å². The molecule has 0 bridgehead atoms. The average molecular weight is 420 g/mol. The van der Waals surface area contributed by atoms with Crippen LogP contribution in [0.5, 0.6) is 17.2 Å². The molecule has 2 aromatic rings. The van der Waals surface area contributed by atoms with E-state index in [-0.39, 0.29) is 0 Å². The molecular formula is C21H22ClNO6. The third kappa shape index (κ3) is 6.43. The SMILES string of the molecule is COc1cc(/C=C/C(=O)O[C@H](C)C(=O)Nc2cc(Cl)ccc2OC)cc(OC)c1. The summed E-state index contributed by atoms with van der Waals surface area (Å²) in [5, 5.41) is 3.06. The van der Waals surface area contributed by atoms with Crippen molar-refractivity contribution in [3.8, 4) is 17.2 Å². The smallest absolute Gasteiger partial charge is 0.331 e. The van der Waals surface area contributed by atoms with Gasteiger partial charge in [0.05, 0.1) is 27.0 Å². The Kier molecular flexibility index (Phi) is 7.91. The van der Waals surface area contributed by atoms with E-state index in [0.29, 0.717) is 33.5 Å². The lowest BCUT2D eigenvalue weighted by atomic mass is 10.2. The van der Waals surface area contributed by atoms with Crippen molar-refractivity contribution in [2.75, 3.05) is 26.6 Å². The molecule has 0 radical (unpaired) electrons. The number of halogens is 1. The summed E-state index contributed by atoms with van der Waals surface area (Å²) in [5.41, 5.74) is 1.06. The Morgan fingerprint density at radius 1 is 1.00 bits per heavy atom. The van der Waals surface area contributed by atoms with E-state index in [1.165, 1.54) is 40.4 Å². The van der Waals surface area contributed by atoms with Gasteiger partial charge in [-0.3, -0.25) is 4.79 Å². The molecule has 1 N–H and O–H groups in total. The van der Waals surface area contributed by atoms with E-state index in [1.54, 1.807) is 36.4 Å². The number of amides is 1. The molecule has 0 saturated carbocycles. The van der Waals surface area contributed by atoms with Crippen molar-refractivity contribution >= 4 is 35.2 Å². The van der Waals surface area contributed by atoms with Gasteiger partial charge in [0.15, 0.2) is 6.10 Å². The molecule has 8 heteroatoms. The number of ether oxygens (including phenoxy) is 4. The Morgan fingerprint density at radius 2 is 1.66 bits per heavy atom. The lowest BCUT2D eigenvalue weighted by molar-refractivity contribution is -0.148. The summed E-state index contributed by atoms with van der Waals surface area (Å²) >= 11 is 5.94. The van der Waals surface area contributed by atoms with Gasteiger partial charge in [0.25, 0.3) is 5.91 Å². The summed E-state index contributed by atoms with van der Waals surface area (Å²) in [6, 6.07) is 9.98. The molecule has 0 aliphatic carbocycles. The van der Waals surface area contributed by atoms with Gasteiger partial charge in [-0.2, -0.15) is 0 Å². The molecule has 2 rings (SSSR count). The summed E-state index contributed by atoms with van der Waals surface area (Å²) in [7, 11) is 4.54. The number of hydrogen-bond donors (Lipinski definition) is 1. The van der Waals surface area contributed by atoms with Crippen molar-refractivity contribution in [3.63, 3.8) is 0 Å². The van der Waals surface area contributed by atoms with E-state index in [2.05, 4.69) is 5.32 Å². The summed E-state index contributed by atoms with van der Waals surface area (Å²) in [6.45, 7) is 1.46. The first-order valence-corrected chi connectivity index (χ1v) is 9.00. The highest BCUT2D eigenvalue weighted by molar-refractivity contribution is 6.31. The van der Waals surface area contributed by atoms with Gasteiger partial charge in [-0.05, 0) is 48.9 Å². The zero-order chi connectivity index (χ0) is 21.4. The summed E-state index contributed by atoms with van der Waals surface area (Å²) in [6.07, 6.45) is 1.73. The van der Waals surface area contributed by atoms with E-state index >= 15 is 0 Å². The average Bonchev–Trinajstić information content (AvgIpc) is 2.72. The van der Waals surface area contributed by atoms with Crippen molar-refractivity contribution in [2.45, 2.75) is 13.0 Å². The molecule has 0 saturated heterocycles. The maximum atomic E-state index is 12.3. The van der Waals surface area contributed by atoms with Crippen LogP contribution >= 0.6 is 11.6 Å². The van der Waals surface area contributed by atoms with Crippen LogP contribution in [-0.2, 0) is 14.3 Å². The van der Waals surface area contributed by atoms with Gasteiger partial charge >= 0.3 is 5.97 Å². The van der Waals surface area contributed by atoms with Crippen LogP contribution in [0.25, 0.3) is 6.08 Å². The molecule has 0 aromatic heterocycles. The van der Waals surface area contributed by atoms with E-state index in [1.807, 2.05) is 0 Å². The third-order valence-corrected chi connectivity index (χ3v) is 4.10. The minimum Gasteiger partial charge on any atom is -0.497 e. The topological polar surface area (TPSA) is 83.1 Å². The summed E-state index contributed by atoms with van der Waals surface area (Å²) in [5.74, 6) is 0.414. The molecule has 7 nitrogen and oxygen atoms in total. The zero-order valence-corrected chi connectivity index (χ0v) is 17.3. The van der Waals surface area contributed by atoms with Gasteiger partial charge in [-0.1, -0.05) is 11.6 Å². The van der Waals surface area contributed by atoms with Crippen molar-refractivity contribution in [1.82, 2.24) is 0 Å². The van der Waals surface area contributed by atoms with Crippen LogP contribution < -0.4 is 19.5 Å². The number of hydrogen-bond acceptors (Lipinski definition) is 6. The molecule has 0 heterocycles. The number of benzene rings is 2. The molecular weight excluding hydrogens is 398 g/mol. The molecule has 0 unspecified atom stereocenters. The first kappa shape index (κ1) is 22.1. The predicted octanol–water partition coefficient (Wildman–Crippen LogP) is 3.95. The third-order valence-electron chi connectivity index (χ3n) is 3.87. The zero-order valence-electron chi connectivity index (χ0n) is 16.5. The van der Waals surface area contributed by atoms with Crippen molar-refractivity contribution in [1.29, 1.82) is 0 Å². The maximum Gasteiger partial charge on any atom is 0.331 e. The van der Waals surface area contributed by atoms with Gasteiger partial charge < -0.3 is 24.3 Å². The highest BCUT2D eigenvalue weighted by Gasteiger charge is 2.18. The van der Waals surface area contributed by atoms with Crippen LogP contribution in [0, 0.1) is 0 Å². The molecule has 1 amide bonds. The number of anilines is 1. The van der Waals surface area contributed by atoms with E-state index < -0.39 is 18.0 Å². The fraction of sp³-hybridized carbons (Fsp3) is 0.238. The Labute approximate surface area is 174 Å². The standard InChI is InChI=1S/C21H22ClNO6/c1-13(21(25)23-18-11-15(22)6-7-19(18)28-4)29-20(24)8-5-14-9-16(26-2)12-17(10-14)27-3/h5-13H,1-4H3,(H,23,25)/b8-5+/t13-/m1/s1. The second-order valence-electron chi connectivity index (χ2n) is 5.89. The van der Waals surface area contributed by atoms with Gasteiger partial charge in [-0.15, -0.1) is 0 Å². The molecule has 2 aromatic carbocycles. The normalized spacial score (nSPS) is 11.6. The highest BCUT2D eigenvalue weighted by atomic mass is 35.5. The van der Waals surface area contributed by atoms with Gasteiger partial charge in [0.1, 0.15) is 17.2 Å².